The Kier molecular flexibility index (Phi) is 8.05. The SMILES string of the molecule is CN(C)C(=O)c1ccc(NC(=O)COC(=O)c2ccccc2OCc2ccc(Cl)cc2)cc1. The monoisotopic (exact) mass is 466 g/mol. The molecule has 3 rings (SSSR count). The van der Waals surface area contributed by atoms with Crippen LogP contribution >= 0.6 is 11.6 Å². The molecular formula is C25H23ClN2O5. The highest BCUT2D eigenvalue weighted by molar-refractivity contribution is 6.30. The Hall–Kier alpha value is -3.84. The van der Waals surface area contributed by atoms with Crippen LogP contribution in [0.4, 0.5) is 5.69 Å². The number of para-hydroxylation sites is 1. The zero-order chi connectivity index (χ0) is 23.8. The molecule has 0 fully saturated rings. The van der Waals surface area contributed by atoms with E-state index in [0.717, 1.165) is 5.56 Å². The van der Waals surface area contributed by atoms with Gasteiger partial charge in [0.2, 0.25) is 0 Å². The van der Waals surface area contributed by atoms with E-state index in [4.69, 9.17) is 21.1 Å². The van der Waals surface area contributed by atoms with Gasteiger partial charge in [0, 0.05) is 30.4 Å². The van der Waals surface area contributed by atoms with Crippen LogP contribution in [0.1, 0.15) is 26.3 Å². The first kappa shape index (κ1) is 23.8. The number of carbonyl (C=O) groups is 3. The number of anilines is 1. The van der Waals surface area contributed by atoms with Crippen LogP contribution in [0.25, 0.3) is 0 Å². The number of nitrogens with zero attached hydrogens (tertiary/aromatic N) is 1. The summed E-state index contributed by atoms with van der Waals surface area (Å²) in [6.07, 6.45) is 0. The van der Waals surface area contributed by atoms with Crippen molar-refractivity contribution in [3.05, 3.63) is 94.5 Å². The van der Waals surface area contributed by atoms with Crippen LogP contribution < -0.4 is 10.1 Å². The van der Waals surface area contributed by atoms with Gasteiger partial charge in [-0.15, -0.1) is 0 Å². The number of carbonyl (C=O) groups excluding carboxylic acids is 3. The van der Waals surface area contributed by atoms with Crippen molar-refractivity contribution in [1.82, 2.24) is 4.90 Å². The average molecular weight is 467 g/mol. The predicted molar refractivity (Wildman–Crippen MR) is 126 cm³/mol. The normalized spacial score (nSPS) is 10.3. The van der Waals surface area contributed by atoms with Crippen molar-refractivity contribution in [3.63, 3.8) is 0 Å². The topological polar surface area (TPSA) is 84.9 Å². The van der Waals surface area contributed by atoms with E-state index < -0.39 is 18.5 Å². The molecule has 0 saturated heterocycles. The van der Waals surface area contributed by atoms with Gasteiger partial charge in [0.1, 0.15) is 17.9 Å². The number of halogens is 1. The van der Waals surface area contributed by atoms with Crippen LogP contribution in [0.3, 0.4) is 0 Å². The van der Waals surface area contributed by atoms with Gasteiger partial charge < -0.3 is 19.7 Å². The zero-order valence-corrected chi connectivity index (χ0v) is 19.0. The van der Waals surface area contributed by atoms with Crippen molar-refractivity contribution in [2.75, 3.05) is 26.0 Å². The molecule has 0 radical (unpaired) electrons. The van der Waals surface area contributed by atoms with Gasteiger partial charge in [-0.05, 0) is 54.1 Å². The number of amides is 2. The zero-order valence-electron chi connectivity index (χ0n) is 18.2. The highest BCUT2D eigenvalue weighted by atomic mass is 35.5. The van der Waals surface area contributed by atoms with Crippen molar-refractivity contribution in [3.8, 4) is 5.75 Å². The Morgan fingerprint density at radius 3 is 2.24 bits per heavy atom. The highest BCUT2D eigenvalue weighted by Gasteiger charge is 2.16. The van der Waals surface area contributed by atoms with Gasteiger partial charge >= 0.3 is 5.97 Å². The maximum atomic E-state index is 12.5. The van der Waals surface area contributed by atoms with Gasteiger partial charge in [0.05, 0.1) is 0 Å². The summed E-state index contributed by atoms with van der Waals surface area (Å²) < 4.78 is 10.9. The van der Waals surface area contributed by atoms with Crippen molar-refractivity contribution in [2.24, 2.45) is 0 Å². The van der Waals surface area contributed by atoms with Crippen molar-refractivity contribution >= 4 is 35.1 Å². The molecule has 0 aromatic heterocycles. The van der Waals surface area contributed by atoms with E-state index >= 15 is 0 Å². The Morgan fingerprint density at radius 1 is 0.909 bits per heavy atom. The van der Waals surface area contributed by atoms with Crippen LogP contribution in [0.5, 0.6) is 5.75 Å². The largest absolute Gasteiger partial charge is 0.488 e. The van der Waals surface area contributed by atoms with Gasteiger partial charge in [-0.25, -0.2) is 4.79 Å². The molecule has 1 N–H and O–H groups in total. The fraction of sp³-hybridized carbons (Fsp3) is 0.160. The maximum absolute atomic E-state index is 12.5. The Balaban J connectivity index is 1.54. The number of nitrogens with one attached hydrogen (secondary N) is 1. The molecule has 7 nitrogen and oxygen atoms in total. The molecule has 0 aliphatic carbocycles. The first-order chi connectivity index (χ1) is 15.8. The maximum Gasteiger partial charge on any atom is 0.342 e. The minimum Gasteiger partial charge on any atom is -0.488 e. The van der Waals surface area contributed by atoms with Crippen LogP contribution in [-0.4, -0.2) is 43.4 Å². The molecule has 2 amide bonds. The third-order valence-electron chi connectivity index (χ3n) is 4.57. The van der Waals surface area contributed by atoms with Gasteiger partial charge in [-0.1, -0.05) is 35.9 Å². The second-order valence-corrected chi connectivity index (χ2v) is 7.75. The van der Waals surface area contributed by atoms with E-state index in [-0.39, 0.29) is 18.1 Å². The Bertz CT molecular complexity index is 1130. The number of benzene rings is 3. The molecule has 0 aliphatic heterocycles. The highest BCUT2D eigenvalue weighted by Crippen LogP contribution is 2.21. The van der Waals surface area contributed by atoms with Crippen molar-refractivity contribution in [1.29, 1.82) is 0 Å². The first-order valence-corrected chi connectivity index (χ1v) is 10.5. The van der Waals surface area contributed by atoms with E-state index in [1.807, 2.05) is 12.1 Å². The second-order valence-electron chi connectivity index (χ2n) is 7.31. The minimum atomic E-state index is -0.677. The van der Waals surface area contributed by atoms with Crippen LogP contribution in [-0.2, 0) is 16.1 Å². The molecule has 0 spiro atoms. The van der Waals surface area contributed by atoms with Gasteiger partial charge in [0.25, 0.3) is 11.8 Å². The summed E-state index contributed by atoms with van der Waals surface area (Å²) in [5.74, 6) is -0.976. The van der Waals surface area contributed by atoms with E-state index in [1.165, 1.54) is 4.90 Å². The molecule has 0 aliphatic rings. The molecule has 33 heavy (non-hydrogen) atoms. The number of ether oxygens (including phenoxy) is 2. The van der Waals surface area contributed by atoms with E-state index in [2.05, 4.69) is 5.32 Å². The standard InChI is InChI=1S/C25H23ClN2O5/c1-28(2)24(30)18-9-13-20(14-10-18)27-23(29)16-33-25(31)21-5-3-4-6-22(21)32-15-17-7-11-19(26)12-8-17/h3-14H,15-16H2,1-2H3,(H,27,29). The van der Waals surface area contributed by atoms with Crippen molar-refractivity contribution < 1.29 is 23.9 Å². The molecule has 170 valence electrons. The van der Waals surface area contributed by atoms with E-state index in [0.29, 0.717) is 22.0 Å². The number of rotatable bonds is 8. The van der Waals surface area contributed by atoms with E-state index in [9.17, 15) is 14.4 Å². The third kappa shape index (κ3) is 6.82. The molecule has 0 heterocycles. The summed E-state index contributed by atoms with van der Waals surface area (Å²) in [6, 6.07) is 20.3. The molecule has 8 heteroatoms. The molecule has 0 atom stereocenters. The number of hydrogen-bond acceptors (Lipinski definition) is 5. The van der Waals surface area contributed by atoms with Crippen LogP contribution in [0.2, 0.25) is 5.02 Å². The molecular weight excluding hydrogens is 444 g/mol. The summed E-state index contributed by atoms with van der Waals surface area (Å²) in [5, 5.41) is 3.25. The summed E-state index contributed by atoms with van der Waals surface area (Å²) in [5.41, 5.74) is 2.09. The lowest BCUT2D eigenvalue weighted by atomic mass is 10.2. The smallest absolute Gasteiger partial charge is 0.342 e. The quantitative estimate of drug-likeness (QED) is 0.497. The lowest BCUT2D eigenvalue weighted by Gasteiger charge is -2.12. The van der Waals surface area contributed by atoms with Gasteiger partial charge in [0.15, 0.2) is 6.61 Å². The Morgan fingerprint density at radius 2 is 1.58 bits per heavy atom. The fourth-order valence-corrected chi connectivity index (χ4v) is 2.99. The number of hydrogen-bond donors (Lipinski definition) is 1. The molecule has 3 aromatic rings. The third-order valence-corrected chi connectivity index (χ3v) is 4.82. The van der Waals surface area contributed by atoms with Crippen LogP contribution in [0, 0.1) is 0 Å². The minimum absolute atomic E-state index is 0.140. The predicted octanol–water partition coefficient (Wildman–Crippen LogP) is 4.42. The lowest BCUT2D eigenvalue weighted by Crippen LogP contribution is -2.22. The summed E-state index contributed by atoms with van der Waals surface area (Å²) in [7, 11) is 3.32. The van der Waals surface area contributed by atoms with Gasteiger partial charge in [-0.2, -0.15) is 0 Å². The summed E-state index contributed by atoms with van der Waals surface area (Å²) >= 11 is 5.89. The molecule has 0 unspecified atom stereocenters. The summed E-state index contributed by atoms with van der Waals surface area (Å²) in [4.78, 5) is 38.1. The average Bonchev–Trinajstić information content (AvgIpc) is 2.82. The number of esters is 1. The van der Waals surface area contributed by atoms with Gasteiger partial charge in [-0.3, -0.25) is 9.59 Å². The van der Waals surface area contributed by atoms with Crippen molar-refractivity contribution in [2.45, 2.75) is 6.61 Å². The first-order valence-electron chi connectivity index (χ1n) is 10.1. The summed E-state index contributed by atoms with van der Waals surface area (Å²) in [6.45, 7) is -0.225. The lowest BCUT2D eigenvalue weighted by molar-refractivity contribution is -0.119. The molecule has 0 saturated carbocycles. The van der Waals surface area contributed by atoms with Crippen LogP contribution in [0.15, 0.2) is 72.8 Å². The second kappa shape index (κ2) is 11.2. The molecule has 3 aromatic carbocycles. The fourth-order valence-electron chi connectivity index (χ4n) is 2.86. The van der Waals surface area contributed by atoms with E-state index in [1.54, 1.807) is 74.8 Å². The molecule has 0 bridgehead atoms. The Labute approximate surface area is 196 Å².